The van der Waals surface area contributed by atoms with Gasteiger partial charge in [0.1, 0.15) is 5.82 Å². The Morgan fingerprint density at radius 2 is 2.28 bits per heavy atom. The predicted octanol–water partition coefficient (Wildman–Crippen LogP) is 2.85. The number of hydrogen-bond acceptors (Lipinski definition) is 4. The van der Waals surface area contributed by atoms with E-state index in [4.69, 9.17) is 27.2 Å². The van der Waals surface area contributed by atoms with Gasteiger partial charge in [0.25, 0.3) is 0 Å². The molecule has 18 heavy (non-hydrogen) atoms. The third kappa shape index (κ3) is 3.49. The summed E-state index contributed by atoms with van der Waals surface area (Å²) in [6.07, 6.45) is 1.14. The van der Waals surface area contributed by atoms with Crippen LogP contribution in [0.3, 0.4) is 0 Å². The zero-order valence-corrected chi connectivity index (χ0v) is 10.4. The first kappa shape index (κ1) is 14.1. The van der Waals surface area contributed by atoms with Gasteiger partial charge < -0.3 is 15.6 Å². The number of nitrogens with zero attached hydrogens (tertiary/aromatic N) is 1. The summed E-state index contributed by atoms with van der Waals surface area (Å²) in [7, 11) is 1.31. The topological polar surface area (TPSA) is 67.8 Å². The Morgan fingerprint density at radius 3 is 2.83 bits per heavy atom. The molecule has 0 heterocycles. The lowest BCUT2D eigenvalue weighted by atomic mass is 10.1. The number of benzene rings is 1. The van der Waals surface area contributed by atoms with Crippen LogP contribution in [0.1, 0.15) is 5.56 Å². The first-order valence-electron chi connectivity index (χ1n) is 4.86. The van der Waals surface area contributed by atoms with Gasteiger partial charge in [0, 0.05) is 10.6 Å². The second-order valence-corrected chi connectivity index (χ2v) is 3.72. The Kier molecular flexibility index (Phi) is 4.74. The van der Waals surface area contributed by atoms with Crippen LogP contribution < -0.4 is 5.73 Å². The maximum Gasteiger partial charge on any atom is 0.226 e. The van der Waals surface area contributed by atoms with Crippen LogP contribution in [0.15, 0.2) is 41.4 Å². The molecule has 0 radical (unpaired) electrons. The van der Waals surface area contributed by atoms with Crippen LogP contribution in [0.4, 0.5) is 4.39 Å². The summed E-state index contributed by atoms with van der Waals surface area (Å²) in [5.74, 6) is -1.07. The molecular weight excluding hydrogens is 259 g/mol. The average molecular weight is 271 g/mol. The predicted molar refractivity (Wildman–Crippen MR) is 69.8 cm³/mol. The van der Waals surface area contributed by atoms with Gasteiger partial charge in [0.2, 0.25) is 5.88 Å². The van der Waals surface area contributed by atoms with E-state index >= 15 is 0 Å². The molecule has 0 saturated heterocycles. The summed E-state index contributed by atoms with van der Waals surface area (Å²) in [5, 5.41) is 9.38. The Morgan fingerprint density at radius 1 is 1.61 bits per heavy atom. The van der Waals surface area contributed by atoms with E-state index in [0.717, 1.165) is 6.21 Å². The Labute approximate surface area is 109 Å². The van der Waals surface area contributed by atoms with Crippen LogP contribution in [-0.4, -0.2) is 18.4 Å². The van der Waals surface area contributed by atoms with Crippen molar-refractivity contribution in [3.8, 4) is 0 Å². The van der Waals surface area contributed by atoms with Crippen molar-refractivity contribution in [1.29, 1.82) is 0 Å². The summed E-state index contributed by atoms with van der Waals surface area (Å²) >= 11 is 5.75. The van der Waals surface area contributed by atoms with Crippen LogP contribution in [0.5, 0.6) is 0 Å². The van der Waals surface area contributed by atoms with Gasteiger partial charge in [-0.2, -0.15) is 0 Å². The molecule has 0 atom stereocenters. The molecule has 0 aliphatic heterocycles. The van der Waals surface area contributed by atoms with E-state index < -0.39 is 11.7 Å². The molecule has 0 aliphatic rings. The number of hydrogen-bond donors (Lipinski definition) is 2. The van der Waals surface area contributed by atoms with Crippen molar-refractivity contribution in [2.45, 2.75) is 0 Å². The van der Waals surface area contributed by atoms with Crippen molar-refractivity contribution in [2.75, 3.05) is 7.11 Å². The van der Waals surface area contributed by atoms with E-state index in [1.54, 1.807) is 0 Å². The second-order valence-electron chi connectivity index (χ2n) is 3.28. The van der Waals surface area contributed by atoms with E-state index in [0.29, 0.717) is 5.02 Å². The number of nitrogens with two attached hydrogens (primary N) is 1. The lowest BCUT2D eigenvalue weighted by molar-refractivity contribution is 0.276. The van der Waals surface area contributed by atoms with Gasteiger partial charge in [-0.1, -0.05) is 18.2 Å². The van der Waals surface area contributed by atoms with E-state index in [-0.39, 0.29) is 17.0 Å². The SMILES string of the molecule is C=C(/N=C\C(OC)=C(/N)O)c1cc(Cl)ccc1F. The van der Waals surface area contributed by atoms with Crippen molar-refractivity contribution in [3.63, 3.8) is 0 Å². The number of allylic oxidation sites excluding steroid dienone is 1. The first-order valence-corrected chi connectivity index (χ1v) is 5.24. The average Bonchev–Trinajstić information content (AvgIpc) is 2.32. The number of halogens is 2. The van der Waals surface area contributed by atoms with Crippen molar-refractivity contribution in [3.05, 3.63) is 52.8 Å². The third-order valence-electron chi connectivity index (χ3n) is 2.05. The van der Waals surface area contributed by atoms with Crippen molar-refractivity contribution < 1.29 is 14.2 Å². The van der Waals surface area contributed by atoms with E-state index in [1.807, 2.05) is 0 Å². The molecule has 0 spiro atoms. The molecule has 0 aliphatic carbocycles. The summed E-state index contributed by atoms with van der Waals surface area (Å²) in [6, 6.07) is 4.03. The molecule has 6 heteroatoms. The van der Waals surface area contributed by atoms with Crippen molar-refractivity contribution in [2.24, 2.45) is 10.7 Å². The number of ether oxygens (including phenoxy) is 1. The van der Waals surface area contributed by atoms with Crippen LogP contribution in [0, 0.1) is 5.82 Å². The normalized spacial score (nSPS) is 12.4. The number of aliphatic hydroxyl groups excluding tert-OH is 1. The maximum absolute atomic E-state index is 13.5. The maximum atomic E-state index is 13.5. The van der Waals surface area contributed by atoms with E-state index in [9.17, 15) is 4.39 Å². The van der Waals surface area contributed by atoms with Crippen LogP contribution >= 0.6 is 11.6 Å². The highest BCUT2D eigenvalue weighted by atomic mass is 35.5. The molecule has 0 amide bonds. The molecule has 4 nitrogen and oxygen atoms in total. The zero-order chi connectivity index (χ0) is 13.7. The quantitative estimate of drug-likeness (QED) is 0.653. The van der Waals surface area contributed by atoms with Crippen LogP contribution in [0.2, 0.25) is 5.02 Å². The van der Waals surface area contributed by atoms with Gasteiger partial charge in [-0.3, -0.25) is 4.99 Å². The minimum Gasteiger partial charge on any atom is -0.492 e. The third-order valence-corrected chi connectivity index (χ3v) is 2.28. The summed E-state index contributed by atoms with van der Waals surface area (Å²) in [5.41, 5.74) is 5.41. The second kappa shape index (κ2) is 6.07. The first-order chi connectivity index (χ1) is 8.45. The van der Waals surface area contributed by atoms with Crippen molar-refractivity contribution >= 4 is 23.5 Å². The summed E-state index contributed by atoms with van der Waals surface area (Å²) in [4.78, 5) is 3.85. The standard InChI is InChI=1S/C12H12ClFN2O2/c1-7(16-6-11(18-2)12(15)17)9-5-8(13)3-4-10(9)14/h3-6,17H,1,15H2,2H3/b12-11-,16-6-. The molecule has 1 aromatic rings. The molecule has 1 aromatic carbocycles. The number of rotatable bonds is 4. The lowest BCUT2D eigenvalue weighted by Gasteiger charge is -2.04. The smallest absolute Gasteiger partial charge is 0.226 e. The molecule has 0 saturated carbocycles. The van der Waals surface area contributed by atoms with E-state index in [1.165, 1.54) is 25.3 Å². The van der Waals surface area contributed by atoms with Gasteiger partial charge in [0.05, 0.1) is 19.0 Å². The molecule has 0 fully saturated rings. The van der Waals surface area contributed by atoms with E-state index in [2.05, 4.69) is 11.6 Å². The molecule has 0 aromatic heterocycles. The number of aliphatic imine (C=N–C) groups is 1. The van der Waals surface area contributed by atoms with Crippen LogP contribution in [0.25, 0.3) is 5.70 Å². The molecule has 0 unspecified atom stereocenters. The monoisotopic (exact) mass is 270 g/mol. The molecule has 3 N–H and O–H groups in total. The van der Waals surface area contributed by atoms with Gasteiger partial charge in [-0.15, -0.1) is 0 Å². The lowest BCUT2D eigenvalue weighted by Crippen LogP contribution is -2.04. The highest BCUT2D eigenvalue weighted by Gasteiger charge is 2.06. The minimum atomic E-state index is -0.527. The molecular formula is C12H12ClFN2O2. The number of aliphatic hydroxyl groups is 1. The summed E-state index contributed by atoms with van der Waals surface area (Å²) in [6.45, 7) is 3.60. The highest BCUT2D eigenvalue weighted by Crippen LogP contribution is 2.21. The Hall–Kier alpha value is -2.01. The zero-order valence-electron chi connectivity index (χ0n) is 9.65. The molecule has 0 bridgehead atoms. The fourth-order valence-electron chi connectivity index (χ4n) is 1.15. The molecule has 96 valence electrons. The highest BCUT2D eigenvalue weighted by molar-refractivity contribution is 6.30. The van der Waals surface area contributed by atoms with Crippen LogP contribution in [-0.2, 0) is 4.74 Å². The Balaban J connectivity index is 2.99. The minimum absolute atomic E-state index is 0.0430. The van der Waals surface area contributed by atoms with Crippen molar-refractivity contribution in [1.82, 2.24) is 0 Å². The fraction of sp³-hybridized carbons (Fsp3) is 0.0833. The van der Waals surface area contributed by atoms with Gasteiger partial charge in [-0.05, 0) is 18.2 Å². The Bertz CT molecular complexity index is 523. The largest absolute Gasteiger partial charge is 0.492 e. The molecule has 1 rings (SSSR count). The number of methoxy groups -OCH3 is 1. The van der Waals surface area contributed by atoms with Gasteiger partial charge in [-0.25, -0.2) is 4.39 Å². The van der Waals surface area contributed by atoms with Gasteiger partial charge >= 0.3 is 0 Å². The summed E-state index contributed by atoms with van der Waals surface area (Å²) < 4.78 is 18.2. The van der Waals surface area contributed by atoms with Gasteiger partial charge in [0.15, 0.2) is 5.76 Å². The fourth-order valence-corrected chi connectivity index (χ4v) is 1.32.